The van der Waals surface area contributed by atoms with Crippen LogP contribution in [-0.2, 0) is 4.74 Å². The zero-order valence-electron chi connectivity index (χ0n) is 11.7. The normalized spacial score (nSPS) is 17.8. The highest BCUT2D eigenvalue weighted by Gasteiger charge is 2.16. The number of hydrogen-bond donors (Lipinski definition) is 1. The van der Waals surface area contributed by atoms with Crippen LogP contribution >= 0.6 is 0 Å². The highest BCUT2D eigenvalue weighted by molar-refractivity contribution is 4.73. The third kappa shape index (κ3) is 7.02. The molecule has 0 spiro atoms. The number of hydrogen-bond acceptors (Lipinski definition) is 3. The summed E-state index contributed by atoms with van der Waals surface area (Å²) in [6.45, 7) is 7.15. The summed E-state index contributed by atoms with van der Waals surface area (Å²) >= 11 is 0. The Kier molecular flexibility index (Phi) is 8.67. The van der Waals surface area contributed by atoms with Crippen molar-refractivity contribution in [1.82, 2.24) is 10.2 Å². The fraction of sp³-hybridized carbons (Fsp3) is 1.00. The minimum absolute atomic E-state index is 0.838. The van der Waals surface area contributed by atoms with Gasteiger partial charge in [-0.1, -0.05) is 19.3 Å². The van der Waals surface area contributed by atoms with Crippen LogP contribution in [0.5, 0.6) is 0 Å². The molecule has 0 aliphatic heterocycles. The van der Waals surface area contributed by atoms with E-state index in [1.54, 1.807) is 0 Å². The molecule has 0 aromatic carbocycles. The van der Waals surface area contributed by atoms with Crippen LogP contribution in [0.1, 0.15) is 45.4 Å². The molecule has 3 heteroatoms. The third-order valence-corrected chi connectivity index (χ3v) is 3.69. The van der Waals surface area contributed by atoms with Gasteiger partial charge in [0.05, 0.1) is 0 Å². The van der Waals surface area contributed by atoms with Gasteiger partial charge in [0.25, 0.3) is 0 Å². The molecule has 0 unspecified atom stereocenters. The monoisotopic (exact) mass is 242 g/mol. The van der Waals surface area contributed by atoms with E-state index in [2.05, 4.69) is 17.3 Å². The van der Waals surface area contributed by atoms with E-state index >= 15 is 0 Å². The lowest BCUT2D eigenvalue weighted by Crippen LogP contribution is -2.38. The predicted octanol–water partition coefficient (Wildman–Crippen LogP) is 2.27. The molecule has 0 bridgehead atoms. The third-order valence-electron chi connectivity index (χ3n) is 3.69. The average Bonchev–Trinajstić information content (AvgIpc) is 2.38. The van der Waals surface area contributed by atoms with Crippen molar-refractivity contribution in [1.29, 1.82) is 0 Å². The van der Waals surface area contributed by atoms with Crippen LogP contribution in [0.15, 0.2) is 0 Å². The van der Waals surface area contributed by atoms with Gasteiger partial charge < -0.3 is 15.0 Å². The number of ether oxygens (including phenoxy) is 1. The SMILES string of the molecule is CCOCCCNCCN(C)C1CCCCC1. The topological polar surface area (TPSA) is 24.5 Å². The highest BCUT2D eigenvalue weighted by Crippen LogP contribution is 2.20. The first-order valence-corrected chi connectivity index (χ1v) is 7.33. The first-order chi connectivity index (χ1) is 8.34. The van der Waals surface area contributed by atoms with E-state index in [9.17, 15) is 0 Å². The van der Waals surface area contributed by atoms with Crippen molar-refractivity contribution in [2.24, 2.45) is 0 Å². The minimum Gasteiger partial charge on any atom is -0.382 e. The summed E-state index contributed by atoms with van der Waals surface area (Å²) < 4.78 is 5.31. The van der Waals surface area contributed by atoms with Crippen molar-refractivity contribution in [2.45, 2.75) is 51.5 Å². The Morgan fingerprint density at radius 3 is 2.65 bits per heavy atom. The minimum atomic E-state index is 0.838. The zero-order chi connectivity index (χ0) is 12.3. The number of nitrogens with zero attached hydrogens (tertiary/aromatic N) is 1. The summed E-state index contributed by atoms with van der Waals surface area (Å²) in [5, 5.41) is 3.49. The molecule has 17 heavy (non-hydrogen) atoms. The average molecular weight is 242 g/mol. The molecular formula is C14H30N2O. The van der Waals surface area contributed by atoms with Gasteiger partial charge in [-0.25, -0.2) is 0 Å². The highest BCUT2D eigenvalue weighted by atomic mass is 16.5. The van der Waals surface area contributed by atoms with Gasteiger partial charge >= 0.3 is 0 Å². The first kappa shape index (κ1) is 14.9. The van der Waals surface area contributed by atoms with Crippen molar-refractivity contribution < 1.29 is 4.74 Å². The van der Waals surface area contributed by atoms with Gasteiger partial charge in [-0.05, 0) is 39.8 Å². The van der Waals surface area contributed by atoms with Crippen molar-refractivity contribution in [3.8, 4) is 0 Å². The van der Waals surface area contributed by atoms with Crippen LogP contribution in [0.25, 0.3) is 0 Å². The van der Waals surface area contributed by atoms with E-state index in [0.717, 1.165) is 38.8 Å². The summed E-state index contributed by atoms with van der Waals surface area (Å²) in [7, 11) is 2.28. The van der Waals surface area contributed by atoms with E-state index in [0.29, 0.717) is 0 Å². The van der Waals surface area contributed by atoms with Crippen LogP contribution in [0.2, 0.25) is 0 Å². The maximum absolute atomic E-state index is 5.31. The molecule has 0 radical (unpaired) electrons. The Labute approximate surface area is 107 Å². The second-order valence-corrected chi connectivity index (χ2v) is 5.07. The van der Waals surface area contributed by atoms with Crippen molar-refractivity contribution in [2.75, 3.05) is 39.9 Å². The molecular weight excluding hydrogens is 212 g/mol. The van der Waals surface area contributed by atoms with Gasteiger partial charge in [0, 0.05) is 32.3 Å². The van der Waals surface area contributed by atoms with Crippen LogP contribution in [0.3, 0.4) is 0 Å². The van der Waals surface area contributed by atoms with E-state index in [-0.39, 0.29) is 0 Å². The quantitative estimate of drug-likeness (QED) is 0.628. The molecule has 0 amide bonds. The van der Waals surface area contributed by atoms with E-state index in [1.807, 2.05) is 6.92 Å². The fourth-order valence-corrected chi connectivity index (χ4v) is 2.53. The van der Waals surface area contributed by atoms with Crippen LogP contribution in [-0.4, -0.2) is 50.8 Å². The molecule has 102 valence electrons. The van der Waals surface area contributed by atoms with Gasteiger partial charge in [0.15, 0.2) is 0 Å². The Bertz CT molecular complexity index is 170. The van der Waals surface area contributed by atoms with Gasteiger partial charge in [-0.3, -0.25) is 0 Å². The summed E-state index contributed by atoms with van der Waals surface area (Å²) in [5.74, 6) is 0. The molecule has 1 aliphatic carbocycles. The molecule has 0 atom stereocenters. The van der Waals surface area contributed by atoms with Crippen molar-refractivity contribution >= 4 is 0 Å². The molecule has 0 aromatic heterocycles. The predicted molar refractivity (Wildman–Crippen MR) is 73.5 cm³/mol. The lowest BCUT2D eigenvalue weighted by atomic mass is 9.94. The summed E-state index contributed by atoms with van der Waals surface area (Å²) in [6.07, 6.45) is 8.23. The molecule has 3 nitrogen and oxygen atoms in total. The molecule has 1 fully saturated rings. The lowest BCUT2D eigenvalue weighted by Gasteiger charge is -2.31. The van der Waals surface area contributed by atoms with E-state index < -0.39 is 0 Å². The van der Waals surface area contributed by atoms with E-state index in [1.165, 1.54) is 38.6 Å². The second-order valence-electron chi connectivity index (χ2n) is 5.07. The molecule has 1 aliphatic rings. The standard InChI is InChI=1S/C14H30N2O/c1-3-17-13-7-10-15-11-12-16(2)14-8-5-4-6-9-14/h14-15H,3-13H2,1-2H3. The molecule has 0 aromatic rings. The van der Waals surface area contributed by atoms with Gasteiger partial charge in [-0.2, -0.15) is 0 Å². The summed E-state index contributed by atoms with van der Waals surface area (Å²) in [5.41, 5.74) is 0. The largest absolute Gasteiger partial charge is 0.382 e. The molecule has 1 N–H and O–H groups in total. The fourth-order valence-electron chi connectivity index (χ4n) is 2.53. The van der Waals surface area contributed by atoms with Gasteiger partial charge in [0.2, 0.25) is 0 Å². The van der Waals surface area contributed by atoms with Crippen LogP contribution in [0.4, 0.5) is 0 Å². The summed E-state index contributed by atoms with van der Waals surface area (Å²) in [4.78, 5) is 2.54. The van der Waals surface area contributed by atoms with Crippen molar-refractivity contribution in [3.05, 3.63) is 0 Å². The van der Waals surface area contributed by atoms with E-state index in [4.69, 9.17) is 4.74 Å². The smallest absolute Gasteiger partial charge is 0.0477 e. The molecule has 0 saturated heterocycles. The zero-order valence-corrected chi connectivity index (χ0v) is 11.7. The second kappa shape index (κ2) is 9.86. The molecule has 1 saturated carbocycles. The molecule has 0 heterocycles. The molecule has 1 rings (SSSR count). The van der Waals surface area contributed by atoms with Gasteiger partial charge in [0.1, 0.15) is 0 Å². The number of rotatable bonds is 9. The Balaban J connectivity index is 1.90. The Hall–Kier alpha value is -0.120. The van der Waals surface area contributed by atoms with Crippen LogP contribution < -0.4 is 5.32 Å². The maximum Gasteiger partial charge on any atom is 0.0477 e. The summed E-state index contributed by atoms with van der Waals surface area (Å²) in [6, 6.07) is 0.842. The Morgan fingerprint density at radius 1 is 1.18 bits per heavy atom. The van der Waals surface area contributed by atoms with Crippen LogP contribution in [0, 0.1) is 0 Å². The first-order valence-electron chi connectivity index (χ1n) is 7.33. The van der Waals surface area contributed by atoms with Gasteiger partial charge in [-0.15, -0.1) is 0 Å². The maximum atomic E-state index is 5.31. The number of nitrogens with one attached hydrogen (secondary N) is 1. The van der Waals surface area contributed by atoms with Crippen molar-refractivity contribution in [3.63, 3.8) is 0 Å². The Morgan fingerprint density at radius 2 is 1.94 bits per heavy atom. The lowest BCUT2D eigenvalue weighted by molar-refractivity contribution is 0.144. The number of likely N-dealkylation sites (N-methyl/N-ethyl adjacent to an activating group) is 1.